The minimum Gasteiger partial charge on any atom is -0.397 e. The Morgan fingerprint density at radius 3 is 2.84 bits per heavy atom. The second-order valence-corrected chi connectivity index (χ2v) is 8.12. The number of anilines is 2. The Hall–Kier alpha value is -4.11. The van der Waals surface area contributed by atoms with Crippen molar-refractivity contribution in [3.8, 4) is 21.7 Å². The highest BCUT2D eigenvalue weighted by Gasteiger charge is 2.21. The molecule has 0 saturated heterocycles. The third-order valence-electron chi connectivity index (χ3n) is 5.22. The summed E-state index contributed by atoms with van der Waals surface area (Å²) >= 11 is 1.70. The molecular formula is C22H16N8S. The summed E-state index contributed by atoms with van der Waals surface area (Å²) in [6.45, 7) is 0.554. The number of amidine groups is 1. The topological polar surface area (TPSA) is 118 Å². The first-order chi connectivity index (χ1) is 15.3. The first-order valence-corrected chi connectivity index (χ1v) is 10.5. The van der Waals surface area contributed by atoms with Crippen molar-refractivity contribution in [2.24, 2.45) is 4.99 Å². The van der Waals surface area contributed by atoms with Gasteiger partial charge in [-0.25, -0.2) is 0 Å². The molecule has 9 heteroatoms. The zero-order chi connectivity index (χ0) is 20.8. The van der Waals surface area contributed by atoms with Crippen LogP contribution in [0.1, 0.15) is 11.3 Å². The van der Waals surface area contributed by atoms with Gasteiger partial charge in [-0.3, -0.25) is 25.0 Å². The van der Waals surface area contributed by atoms with Gasteiger partial charge in [-0.05, 0) is 23.6 Å². The minimum absolute atomic E-state index is 0.554. The third kappa shape index (κ3) is 3.03. The number of pyridine rings is 3. The number of hydrogen-bond donors (Lipinski definition) is 3. The molecule has 0 bridgehead atoms. The fraction of sp³-hybridized carbons (Fsp3) is 0.0455. The molecule has 1 aliphatic heterocycles. The van der Waals surface area contributed by atoms with Crippen LogP contribution in [-0.4, -0.2) is 31.0 Å². The molecule has 5 aromatic heterocycles. The number of nitrogen functional groups attached to an aromatic ring is 1. The number of nitrogens with one attached hydrogen (secondary N) is 2. The molecule has 5 aromatic rings. The van der Waals surface area contributed by atoms with Gasteiger partial charge in [0.1, 0.15) is 5.69 Å². The summed E-state index contributed by atoms with van der Waals surface area (Å²) < 4.78 is 0. The van der Waals surface area contributed by atoms with Crippen molar-refractivity contribution in [1.29, 1.82) is 0 Å². The lowest BCUT2D eigenvalue weighted by Gasteiger charge is -2.19. The molecule has 0 aromatic carbocycles. The van der Waals surface area contributed by atoms with E-state index < -0.39 is 0 Å². The van der Waals surface area contributed by atoms with Crippen LogP contribution in [0.5, 0.6) is 0 Å². The Balaban J connectivity index is 1.40. The lowest BCUT2D eigenvalue weighted by atomic mass is 10.0. The number of thiophene rings is 1. The summed E-state index contributed by atoms with van der Waals surface area (Å²) in [7, 11) is 0. The van der Waals surface area contributed by atoms with E-state index in [9.17, 15) is 0 Å². The van der Waals surface area contributed by atoms with Gasteiger partial charge in [-0.1, -0.05) is 6.07 Å². The van der Waals surface area contributed by atoms with Gasteiger partial charge in [-0.2, -0.15) is 5.10 Å². The van der Waals surface area contributed by atoms with Gasteiger partial charge in [0.15, 0.2) is 5.84 Å². The molecule has 1 aliphatic rings. The summed E-state index contributed by atoms with van der Waals surface area (Å²) in [6, 6.07) is 7.97. The SMILES string of the molecule is Nc1cncc(-c2cc3c(C4=NCc5c(cncc5-c5cccs5)N4)n[nH]c3cn2)c1. The van der Waals surface area contributed by atoms with Crippen LogP contribution in [0, 0.1) is 0 Å². The van der Waals surface area contributed by atoms with Crippen molar-refractivity contribution in [1.82, 2.24) is 25.1 Å². The maximum absolute atomic E-state index is 5.88. The first kappa shape index (κ1) is 17.7. The number of H-pyrrole nitrogens is 1. The van der Waals surface area contributed by atoms with Crippen molar-refractivity contribution < 1.29 is 0 Å². The van der Waals surface area contributed by atoms with Gasteiger partial charge in [0.25, 0.3) is 0 Å². The third-order valence-corrected chi connectivity index (χ3v) is 6.12. The van der Waals surface area contributed by atoms with E-state index in [0.717, 1.165) is 44.7 Å². The van der Waals surface area contributed by atoms with Crippen LogP contribution in [0.15, 0.2) is 65.6 Å². The van der Waals surface area contributed by atoms with E-state index in [4.69, 9.17) is 10.7 Å². The van der Waals surface area contributed by atoms with Crippen LogP contribution in [-0.2, 0) is 6.54 Å². The summed E-state index contributed by atoms with van der Waals surface area (Å²) in [6.07, 6.45) is 8.85. The fourth-order valence-electron chi connectivity index (χ4n) is 3.72. The number of hydrogen-bond acceptors (Lipinski definition) is 8. The van der Waals surface area contributed by atoms with Crippen LogP contribution >= 0.6 is 11.3 Å². The Bertz CT molecular complexity index is 1450. The number of fused-ring (bicyclic) bond motifs is 2. The normalized spacial score (nSPS) is 13.0. The van der Waals surface area contributed by atoms with E-state index in [-0.39, 0.29) is 0 Å². The average molecular weight is 424 g/mol. The van der Waals surface area contributed by atoms with E-state index in [1.807, 2.05) is 30.6 Å². The maximum Gasteiger partial charge on any atom is 0.154 e. The molecule has 0 spiro atoms. The maximum atomic E-state index is 5.88. The van der Waals surface area contributed by atoms with Gasteiger partial charge in [0.2, 0.25) is 0 Å². The van der Waals surface area contributed by atoms with Gasteiger partial charge in [0, 0.05) is 45.5 Å². The fourth-order valence-corrected chi connectivity index (χ4v) is 4.49. The van der Waals surface area contributed by atoms with E-state index in [2.05, 4.69) is 41.9 Å². The smallest absolute Gasteiger partial charge is 0.154 e. The summed E-state index contributed by atoms with van der Waals surface area (Å²) in [4.78, 5) is 19.1. The molecule has 0 atom stereocenters. The highest BCUT2D eigenvalue weighted by Crippen LogP contribution is 2.34. The highest BCUT2D eigenvalue weighted by atomic mass is 32.1. The van der Waals surface area contributed by atoms with E-state index in [1.165, 1.54) is 4.88 Å². The molecule has 0 unspecified atom stereocenters. The molecule has 4 N–H and O–H groups in total. The zero-order valence-corrected chi connectivity index (χ0v) is 17.0. The quantitative estimate of drug-likeness (QED) is 0.401. The average Bonchev–Trinajstić information content (AvgIpc) is 3.48. The number of aromatic amines is 1. The van der Waals surface area contributed by atoms with Gasteiger partial charge >= 0.3 is 0 Å². The Kier molecular flexibility index (Phi) is 4.00. The molecule has 8 nitrogen and oxygen atoms in total. The second kappa shape index (κ2) is 6.99. The van der Waals surface area contributed by atoms with Crippen LogP contribution in [0.25, 0.3) is 32.6 Å². The van der Waals surface area contributed by atoms with Gasteiger partial charge in [-0.15, -0.1) is 11.3 Å². The Labute approximate surface area is 180 Å². The predicted octanol–water partition coefficient (Wildman–Crippen LogP) is 4.10. The molecule has 150 valence electrons. The standard InChI is InChI=1S/C22H16N8S/c23-13-4-12(6-24-7-13)17-5-14-19(11-26-17)29-30-21(14)22-27-9-15-16(20-2-1-3-31-20)8-25-10-18(15)28-22/h1-8,10-11H,9,23H2,(H,27,28)(H,29,30). The van der Waals surface area contributed by atoms with Crippen molar-refractivity contribution in [2.75, 3.05) is 11.1 Å². The molecule has 31 heavy (non-hydrogen) atoms. The predicted molar refractivity (Wildman–Crippen MR) is 123 cm³/mol. The van der Waals surface area contributed by atoms with Crippen LogP contribution < -0.4 is 11.1 Å². The van der Waals surface area contributed by atoms with Crippen molar-refractivity contribution in [3.63, 3.8) is 0 Å². The van der Waals surface area contributed by atoms with Gasteiger partial charge in [0.05, 0.1) is 41.5 Å². The zero-order valence-electron chi connectivity index (χ0n) is 16.2. The molecule has 6 rings (SSSR count). The van der Waals surface area contributed by atoms with Crippen molar-refractivity contribution >= 4 is 39.5 Å². The summed E-state index contributed by atoms with van der Waals surface area (Å²) in [5.74, 6) is 0.701. The van der Waals surface area contributed by atoms with Crippen molar-refractivity contribution in [2.45, 2.75) is 6.54 Å². The van der Waals surface area contributed by atoms with Crippen molar-refractivity contribution in [3.05, 3.63) is 71.9 Å². The number of aliphatic imine (C=N–C) groups is 1. The Morgan fingerprint density at radius 2 is 1.97 bits per heavy atom. The van der Waals surface area contributed by atoms with Crippen LogP contribution in [0.4, 0.5) is 11.4 Å². The highest BCUT2D eigenvalue weighted by molar-refractivity contribution is 7.13. The lowest BCUT2D eigenvalue weighted by Crippen LogP contribution is -2.20. The number of nitrogens with zero attached hydrogens (tertiary/aromatic N) is 5. The molecule has 6 heterocycles. The molecule has 0 aliphatic carbocycles. The molecule has 0 saturated carbocycles. The van der Waals surface area contributed by atoms with E-state index >= 15 is 0 Å². The molecule has 0 radical (unpaired) electrons. The number of nitrogens with two attached hydrogens (primary N) is 1. The Morgan fingerprint density at radius 1 is 1.03 bits per heavy atom. The van der Waals surface area contributed by atoms with Crippen LogP contribution in [0.2, 0.25) is 0 Å². The summed E-state index contributed by atoms with van der Waals surface area (Å²) in [5, 5.41) is 14.0. The monoisotopic (exact) mass is 424 g/mol. The second-order valence-electron chi connectivity index (χ2n) is 7.17. The number of aromatic nitrogens is 5. The van der Waals surface area contributed by atoms with E-state index in [1.54, 1.807) is 29.9 Å². The number of rotatable bonds is 3. The lowest BCUT2D eigenvalue weighted by molar-refractivity contribution is 1.03. The van der Waals surface area contributed by atoms with Gasteiger partial charge < -0.3 is 11.1 Å². The van der Waals surface area contributed by atoms with Crippen LogP contribution in [0.3, 0.4) is 0 Å². The largest absolute Gasteiger partial charge is 0.397 e. The van der Waals surface area contributed by atoms with E-state index in [0.29, 0.717) is 18.1 Å². The summed E-state index contributed by atoms with van der Waals surface area (Å²) in [5.41, 5.74) is 12.9. The first-order valence-electron chi connectivity index (χ1n) is 9.64. The molecular weight excluding hydrogens is 408 g/mol. The molecule has 0 amide bonds. The molecule has 0 fully saturated rings. The minimum atomic E-state index is 0.554.